The summed E-state index contributed by atoms with van der Waals surface area (Å²) in [7, 11) is 0. The number of halogens is 1. The van der Waals surface area contributed by atoms with Gasteiger partial charge in [-0.1, -0.05) is 12.1 Å². The van der Waals surface area contributed by atoms with Gasteiger partial charge in [0.1, 0.15) is 16.9 Å². The van der Waals surface area contributed by atoms with Crippen molar-refractivity contribution in [1.29, 1.82) is 0 Å². The molecule has 0 spiro atoms. The van der Waals surface area contributed by atoms with Crippen molar-refractivity contribution < 1.29 is 4.39 Å². The number of H-pyrrole nitrogens is 2. The van der Waals surface area contributed by atoms with Gasteiger partial charge in [-0.15, -0.1) is 0 Å². The third-order valence-corrected chi connectivity index (χ3v) is 5.15. The third kappa shape index (κ3) is 2.93. The molecule has 2 N–H and O–H groups in total. The number of benzene rings is 1. The van der Waals surface area contributed by atoms with E-state index in [1.807, 2.05) is 30.3 Å². The molecule has 8 heteroatoms. The number of rotatable bonds is 3. The zero-order valence-electron chi connectivity index (χ0n) is 16.0. The number of hydrogen-bond acceptors (Lipinski definition) is 5. The van der Waals surface area contributed by atoms with Crippen molar-refractivity contribution in [2.45, 2.75) is 0 Å². The van der Waals surface area contributed by atoms with E-state index in [0.29, 0.717) is 28.2 Å². The van der Waals surface area contributed by atoms with Gasteiger partial charge in [0.15, 0.2) is 17.2 Å². The van der Waals surface area contributed by atoms with E-state index in [1.165, 1.54) is 12.1 Å². The Labute approximate surface area is 175 Å². The fourth-order valence-corrected chi connectivity index (χ4v) is 3.63. The van der Waals surface area contributed by atoms with E-state index in [-0.39, 0.29) is 5.82 Å². The lowest BCUT2D eigenvalue weighted by molar-refractivity contribution is 0.628. The number of nitrogens with zero attached hydrogens (tertiary/aromatic N) is 5. The normalized spacial score (nSPS) is 11.4. The predicted molar refractivity (Wildman–Crippen MR) is 115 cm³/mol. The summed E-state index contributed by atoms with van der Waals surface area (Å²) in [5, 5.41) is 7.45. The van der Waals surface area contributed by atoms with Crippen molar-refractivity contribution in [2.75, 3.05) is 0 Å². The maximum absolute atomic E-state index is 13.4. The second kappa shape index (κ2) is 6.81. The van der Waals surface area contributed by atoms with Gasteiger partial charge < -0.3 is 4.98 Å². The summed E-state index contributed by atoms with van der Waals surface area (Å²) in [6, 6.07) is 15.9. The minimum Gasteiger partial charge on any atom is -0.321 e. The first kappa shape index (κ1) is 17.4. The van der Waals surface area contributed by atoms with Crippen LogP contribution in [0.4, 0.5) is 4.39 Å². The van der Waals surface area contributed by atoms with Gasteiger partial charge in [0, 0.05) is 29.7 Å². The van der Waals surface area contributed by atoms with Crippen LogP contribution in [0.25, 0.3) is 56.1 Å². The summed E-state index contributed by atoms with van der Waals surface area (Å²) in [5.74, 6) is 0.276. The minimum absolute atomic E-state index is 0.282. The largest absolute Gasteiger partial charge is 0.321 e. The van der Waals surface area contributed by atoms with E-state index >= 15 is 0 Å². The maximum atomic E-state index is 13.4. The first-order valence-corrected chi connectivity index (χ1v) is 9.63. The van der Waals surface area contributed by atoms with Gasteiger partial charge in [-0.3, -0.25) is 10.1 Å². The van der Waals surface area contributed by atoms with Crippen LogP contribution in [0.5, 0.6) is 0 Å². The van der Waals surface area contributed by atoms with Gasteiger partial charge in [0.25, 0.3) is 0 Å². The maximum Gasteiger partial charge on any atom is 0.162 e. The quantitative estimate of drug-likeness (QED) is 0.441. The summed E-state index contributed by atoms with van der Waals surface area (Å²) in [5.41, 5.74) is 6.93. The van der Waals surface area contributed by atoms with Crippen LogP contribution >= 0.6 is 0 Å². The van der Waals surface area contributed by atoms with Gasteiger partial charge in [-0.05, 0) is 48.0 Å². The molecule has 5 heterocycles. The molecule has 0 bridgehead atoms. The fraction of sp³-hybridized carbons (Fsp3) is 0. The third-order valence-electron chi connectivity index (χ3n) is 5.15. The molecule has 0 radical (unpaired) electrons. The molecule has 31 heavy (non-hydrogen) atoms. The van der Waals surface area contributed by atoms with Gasteiger partial charge in [0.2, 0.25) is 0 Å². The molecule has 0 aliphatic rings. The minimum atomic E-state index is -0.282. The second-order valence-electron chi connectivity index (χ2n) is 7.05. The highest BCUT2D eigenvalue weighted by Crippen LogP contribution is 2.31. The number of imidazole rings is 1. The monoisotopic (exact) mass is 407 g/mol. The Hall–Kier alpha value is -4.46. The number of hydrogen-bond donors (Lipinski definition) is 2. The van der Waals surface area contributed by atoms with Crippen LogP contribution in [0.2, 0.25) is 0 Å². The summed E-state index contributed by atoms with van der Waals surface area (Å²) >= 11 is 0. The Kier molecular flexibility index (Phi) is 3.82. The number of aromatic nitrogens is 7. The summed E-state index contributed by atoms with van der Waals surface area (Å²) in [4.78, 5) is 21.3. The summed E-state index contributed by atoms with van der Waals surface area (Å²) in [6.07, 6.45) is 5.17. The Morgan fingerprint density at radius 1 is 0.742 bits per heavy atom. The topological polar surface area (TPSA) is 96.0 Å². The Bertz CT molecular complexity index is 1540. The average Bonchev–Trinajstić information content (AvgIpc) is 3.43. The van der Waals surface area contributed by atoms with Crippen LogP contribution < -0.4 is 0 Å². The molecule has 0 aliphatic heterocycles. The van der Waals surface area contributed by atoms with E-state index in [2.05, 4.69) is 25.1 Å². The Morgan fingerprint density at radius 3 is 2.42 bits per heavy atom. The van der Waals surface area contributed by atoms with Crippen LogP contribution in [0.15, 0.2) is 73.2 Å². The predicted octanol–water partition coefficient (Wildman–Crippen LogP) is 4.76. The standard InChI is InChI=1S/C23H14FN7/c24-15-3-1-13(2-4-15)16-9-12-26-22-19(16)28-23(29-22)21-20-18(30-31-21)6-5-17(27-20)14-7-10-25-11-8-14/h1-12H,(H,30,31)(H,26,28,29). The highest BCUT2D eigenvalue weighted by molar-refractivity contribution is 5.94. The Balaban J connectivity index is 1.51. The van der Waals surface area contributed by atoms with E-state index in [0.717, 1.165) is 27.9 Å². The molecule has 1 aromatic carbocycles. The van der Waals surface area contributed by atoms with Crippen LogP contribution in [-0.2, 0) is 0 Å². The van der Waals surface area contributed by atoms with E-state index < -0.39 is 0 Å². The summed E-state index contributed by atoms with van der Waals surface area (Å²) in [6.45, 7) is 0. The molecule has 0 aliphatic carbocycles. The van der Waals surface area contributed by atoms with Crippen molar-refractivity contribution in [3.8, 4) is 33.9 Å². The highest BCUT2D eigenvalue weighted by atomic mass is 19.1. The number of pyridine rings is 3. The highest BCUT2D eigenvalue weighted by Gasteiger charge is 2.17. The lowest BCUT2D eigenvalue weighted by Crippen LogP contribution is -1.87. The smallest absolute Gasteiger partial charge is 0.162 e. The van der Waals surface area contributed by atoms with Crippen molar-refractivity contribution in [3.05, 3.63) is 79.0 Å². The Morgan fingerprint density at radius 2 is 1.58 bits per heavy atom. The molecule has 0 fully saturated rings. The van der Waals surface area contributed by atoms with E-state index in [9.17, 15) is 4.39 Å². The first-order chi connectivity index (χ1) is 15.3. The van der Waals surface area contributed by atoms with Crippen LogP contribution in [-0.4, -0.2) is 35.1 Å². The SMILES string of the molecule is Fc1ccc(-c2ccnc3[nH]c(-c4n[nH]c5ccc(-c6ccncc6)nc45)nc23)cc1. The first-order valence-electron chi connectivity index (χ1n) is 9.63. The van der Waals surface area contributed by atoms with Crippen molar-refractivity contribution >= 4 is 22.2 Å². The summed E-state index contributed by atoms with van der Waals surface area (Å²) < 4.78 is 13.4. The molecule has 148 valence electrons. The van der Waals surface area contributed by atoms with Crippen LogP contribution in [0.3, 0.4) is 0 Å². The molecule has 0 saturated carbocycles. The molecular weight excluding hydrogens is 393 g/mol. The molecule has 0 saturated heterocycles. The van der Waals surface area contributed by atoms with Gasteiger partial charge in [0.05, 0.1) is 11.2 Å². The van der Waals surface area contributed by atoms with Crippen molar-refractivity contribution in [2.24, 2.45) is 0 Å². The number of aromatic amines is 2. The molecule has 5 aromatic heterocycles. The van der Waals surface area contributed by atoms with Gasteiger partial charge in [-0.2, -0.15) is 5.10 Å². The van der Waals surface area contributed by atoms with E-state index in [4.69, 9.17) is 9.97 Å². The molecular formula is C23H14FN7. The van der Waals surface area contributed by atoms with Crippen molar-refractivity contribution in [1.82, 2.24) is 35.1 Å². The number of nitrogens with one attached hydrogen (secondary N) is 2. The lowest BCUT2D eigenvalue weighted by atomic mass is 10.1. The van der Waals surface area contributed by atoms with E-state index in [1.54, 1.807) is 30.7 Å². The molecule has 0 unspecified atom stereocenters. The number of fused-ring (bicyclic) bond motifs is 2. The van der Waals surface area contributed by atoms with Crippen LogP contribution in [0.1, 0.15) is 0 Å². The van der Waals surface area contributed by atoms with Crippen LogP contribution in [0, 0.1) is 5.82 Å². The molecule has 0 atom stereocenters. The average molecular weight is 407 g/mol. The second-order valence-corrected chi connectivity index (χ2v) is 7.05. The molecule has 6 aromatic rings. The molecule has 7 nitrogen and oxygen atoms in total. The lowest BCUT2D eigenvalue weighted by Gasteiger charge is -2.01. The zero-order chi connectivity index (χ0) is 20.8. The fourth-order valence-electron chi connectivity index (χ4n) is 3.63. The zero-order valence-corrected chi connectivity index (χ0v) is 16.0. The van der Waals surface area contributed by atoms with Crippen molar-refractivity contribution in [3.63, 3.8) is 0 Å². The molecule has 6 rings (SSSR count). The molecule has 0 amide bonds. The van der Waals surface area contributed by atoms with Gasteiger partial charge >= 0.3 is 0 Å². The van der Waals surface area contributed by atoms with Gasteiger partial charge in [-0.25, -0.2) is 19.3 Å².